The Balaban J connectivity index is 1.52. The van der Waals surface area contributed by atoms with Gasteiger partial charge in [0.05, 0.1) is 13.2 Å². The molecule has 1 aromatic heterocycles. The van der Waals surface area contributed by atoms with Gasteiger partial charge in [-0.05, 0) is 49.2 Å². The lowest BCUT2D eigenvalue weighted by atomic mass is 10.2. The van der Waals surface area contributed by atoms with Crippen LogP contribution in [0.2, 0.25) is 0 Å². The summed E-state index contributed by atoms with van der Waals surface area (Å²) in [4.78, 5) is 44.6. The van der Waals surface area contributed by atoms with Crippen molar-refractivity contribution in [2.45, 2.75) is 33.0 Å². The third-order valence-electron chi connectivity index (χ3n) is 4.72. The van der Waals surface area contributed by atoms with Crippen molar-refractivity contribution in [2.75, 3.05) is 12.4 Å². The van der Waals surface area contributed by atoms with Gasteiger partial charge in [-0.15, -0.1) is 0 Å². The van der Waals surface area contributed by atoms with E-state index in [1.807, 2.05) is 24.3 Å². The van der Waals surface area contributed by atoms with Gasteiger partial charge in [-0.1, -0.05) is 24.3 Å². The van der Waals surface area contributed by atoms with E-state index in [-0.39, 0.29) is 30.6 Å². The van der Waals surface area contributed by atoms with E-state index < -0.39 is 17.9 Å². The number of hydrogen-bond donors (Lipinski definition) is 3. The molecule has 3 amide bonds. The van der Waals surface area contributed by atoms with Gasteiger partial charge >= 0.3 is 6.09 Å². The third-order valence-corrected chi connectivity index (χ3v) is 4.72. The van der Waals surface area contributed by atoms with Crippen LogP contribution in [0, 0.1) is 0 Å². The number of aromatic nitrogens is 2. The molecule has 0 aliphatic carbocycles. The lowest BCUT2D eigenvalue weighted by Gasteiger charge is -2.10. The Morgan fingerprint density at radius 3 is 2.09 bits per heavy atom. The summed E-state index contributed by atoms with van der Waals surface area (Å²) in [6.07, 6.45) is 0.422. The Bertz CT molecular complexity index is 1180. The Labute approximate surface area is 203 Å². The van der Waals surface area contributed by atoms with E-state index in [1.54, 1.807) is 45.2 Å². The largest absolute Gasteiger partial charge is 0.497 e. The molecule has 0 radical (unpaired) electrons. The zero-order chi connectivity index (χ0) is 25.2. The summed E-state index contributed by atoms with van der Waals surface area (Å²) in [5.74, 6) is -0.183. The van der Waals surface area contributed by atoms with Crippen LogP contribution in [0.4, 0.5) is 10.5 Å². The number of anilines is 1. The van der Waals surface area contributed by atoms with E-state index in [0.29, 0.717) is 11.4 Å². The average Bonchev–Trinajstić information content (AvgIpc) is 2.86. The topological polar surface area (TPSA) is 132 Å². The molecule has 3 aromatic rings. The highest BCUT2D eigenvalue weighted by Gasteiger charge is 2.13. The van der Waals surface area contributed by atoms with Crippen molar-refractivity contribution in [1.82, 2.24) is 20.6 Å². The Kier molecular flexibility index (Phi) is 8.71. The number of nitrogens with one attached hydrogen (secondary N) is 3. The van der Waals surface area contributed by atoms with E-state index >= 15 is 0 Å². The van der Waals surface area contributed by atoms with Crippen LogP contribution < -0.4 is 20.7 Å². The predicted octanol–water partition coefficient (Wildman–Crippen LogP) is 3.30. The molecule has 0 aliphatic heterocycles. The smallest absolute Gasteiger partial charge is 0.411 e. The molecule has 0 atom stereocenters. The molecular formula is C25H27N5O5. The molecule has 10 nitrogen and oxygen atoms in total. The number of carbonyl (C=O) groups excluding carboxylic acids is 3. The molecule has 0 bridgehead atoms. The van der Waals surface area contributed by atoms with Crippen LogP contribution >= 0.6 is 0 Å². The number of hydrogen-bond acceptors (Lipinski definition) is 7. The van der Waals surface area contributed by atoms with Crippen molar-refractivity contribution in [1.29, 1.82) is 0 Å². The first-order chi connectivity index (χ1) is 16.8. The van der Waals surface area contributed by atoms with E-state index in [0.717, 1.165) is 11.1 Å². The van der Waals surface area contributed by atoms with E-state index in [9.17, 15) is 14.4 Å². The molecule has 0 saturated heterocycles. The fourth-order valence-corrected chi connectivity index (χ4v) is 3.00. The van der Waals surface area contributed by atoms with E-state index in [4.69, 9.17) is 9.47 Å². The minimum absolute atomic E-state index is 0.0706. The lowest BCUT2D eigenvalue weighted by molar-refractivity contribution is 0.0944. The number of rotatable bonds is 9. The molecule has 182 valence electrons. The van der Waals surface area contributed by atoms with Gasteiger partial charge in [-0.25, -0.2) is 14.8 Å². The van der Waals surface area contributed by atoms with Crippen LogP contribution in [0.15, 0.2) is 60.9 Å². The minimum atomic E-state index is -0.534. The minimum Gasteiger partial charge on any atom is -0.497 e. The van der Waals surface area contributed by atoms with Crippen molar-refractivity contribution in [3.63, 3.8) is 0 Å². The fourth-order valence-electron chi connectivity index (χ4n) is 3.00. The number of ether oxygens (including phenoxy) is 2. The Morgan fingerprint density at radius 2 is 1.49 bits per heavy atom. The van der Waals surface area contributed by atoms with Gasteiger partial charge in [-0.3, -0.25) is 14.9 Å². The van der Waals surface area contributed by atoms with Crippen molar-refractivity contribution >= 4 is 23.6 Å². The summed E-state index contributed by atoms with van der Waals surface area (Å²) in [6, 6.07) is 15.6. The maximum absolute atomic E-state index is 12.5. The second-order valence-electron chi connectivity index (χ2n) is 7.78. The first kappa shape index (κ1) is 25.2. The van der Waals surface area contributed by atoms with E-state index in [2.05, 4.69) is 25.9 Å². The number of amides is 3. The van der Waals surface area contributed by atoms with Gasteiger partial charge in [0.15, 0.2) is 0 Å². The van der Waals surface area contributed by atoms with E-state index in [1.165, 1.54) is 12.4 Å². The zero-order valence-electron chi connectivity index (χ0n) is 19.7. The van der Waals surface area contributed by atoms with Gasteiger partial charge in [0.1, 0.15) is 23.5 Å². The highest BCUT2D eigenvalue weighted by atomic mass is 16.6. The molecule has 0 spiro atoms. The quantitative estimate of drug-likeness (QED) is 0.431. The molecule has 10 heteroatoms. The van der Waals surface area contributed by atoms with Crippen LogP contribution in [0.25, 0.3) is 0 Å². The maximum Gasteiger partial charge on any atom is 0.411 e. The highest BCUT2D eigenvalue weighted by molar-refractivity contribution is 5.97. The summed E-state index contributed by atoms with van der Waals surface area (Å²) in [5, 5.41) is 8.14. The van der Waals surface area contributed by atoms with Crippen molar-refractivity contribution in [2.24, 2.45) is 0 Å². The standard InChI is InChI=1S/C25H27N5O5/c1-16(2)35-25(33)30-19-9-7-17(8-10-19)13-26-23(31)21-12-22(29-15-28-21)24(32)27-14-18-5-4-6-20(11-18)34-3/h4-12,15-16H,13-14H2,1-3H3,(H,26,31)(H,27,32)(H,30,33). The second-order valence-corrected chi connectivity index (χ2v) is 7.78. The van der Waals surface area contributed by atoms with Crippen LogP contribution in [0.1, 0.15) is 46.0 Å². The summed E-state index contributed by atoms with van der Waals surface area (Å²) in [5.41, 5.74) is 2.40. The molecule has 0 fully saturated rings. The normalized spacial score (nSPS) is 10.4. The molecule has 0 unspecified atom stereocenters. The van der Waals surface area contributed by atoms with Gasteiger partial charge < -0.3 is 20.1 Å². The van der Waals surface area contributed by atoms with Gasteiger partial charge in [0, 0.05) is 24.8 Å². The van der Waals surface area contributed by atoms with Gasteiger partial charge in [-0.2, -0.15) is 0 Å². The van der Waals surface area contributed by atoms with Crippen LogP contribution in [-0.2, 0) is 17.8 Å². The summed E-state index contributed by atoms with van der Waals surface area (Å²) >= 11 is 0. The molecule has 1 heterocycles. The Hall–Kier alpha value is -4.47. The van der Waals surface area contributed by atoms with Crippen LogP contribution in [-0.4, -0.2) is 41.1 Å². The molecule has 3 rings (SSSR count). The number of nitrogens with zero attached hydrogens (tertiary/aromatic N) is 2. The first-order valence-electron chi connectivity index (χ1n) is 10.9. The molecule has 0 saturated carbocycles. The molecular weight excluding hydrogens is 450 g/mol. The predicted molar refractivity (Wildman–Crippen MR) is 129 cm³/mol. The average molecular weight is 478 g/mol. The number of methoxy groups -OCH3 is 1. The number of carbonyl (C=O) groups is 3. The lowest BCUT2D eigenvalue weighted by Crippen LogP contribution is -2.27. The molecule has 35 heavy (non-hydrogen) atoms. The summed E-state index contributed by atoms with van der Waals surface area (Å²) < 4.78 is 10.2. The van der Waals surface area contributed by atoms with Crippen molar-refractivity contribution in [3.05, 3.63) is 83.4 Å². The molecule has 3 N–H and O–H groups in total. The second kappa shape index (κ2) is 12.1. The fraction of sp³-hybridized carbons (Fsp3) is 0.240. The SMILES string of the molecule is COc1cccc(CNC(=O)c2cc(C(=O)NCc3ccc(NC(=O)OC(C)C)cc3)ncn2)c1. The van der Waals surface area contributed by atoms with Gasteiger partial charge in [0.25, 0.3) is 11.8 Å². The van der Waals surface area contributed by atoms with Crippen molar-refractivity contribution in [3.8, 4) is 5.75 Å². The maximum atomic E-state index is 12.5. The molecule has 0 aliphatic rings. The first-order valence-corrected chi connectivity index (χ1v) is 10.9. The van der Waals surface area contributed by atoms with Crippen LogP contribution in [0.3, 0.4) is 0 Å². The van der Waals surface area contributed by atoms with Gasteiger partial charge in [0.2, 0.25) is 0 Å². The highest BCUT2D eigenvalue weighted by Crippen LogP contribution is 2.13. The summed E-state index contributed by atoms with van der Waals surface area (Å²) in [6.45, 7) is 4.04. The van der Waals surface area contributed by atoms with Crippen LogP contribution in [0.5, 0.6) is 5.75 Å². The van der Waals surface area contributed by atoms with Crippen molar-refractivity contribution < 1.29 is 23.9 Å². The third kappa shape index (κ3) is 7.81. The zero-order valence-corrected chi connectivity index (χ0v) is 19.7. The monoisotopic (exact) mass is 477 g/mol. The summed E-state index contributed by atoms with van der Waals surface area (Å²) in [7, 11) is 1.57. The number of benzene rings is 2. The Morgan fingerprint density at radius 1 is 0.857 bits per heavy atom. The molecule has 2 aromatic carbocycles.